The largest absolute Gasteiger partial charge is 0.495 e. The highest BCUT2D eigenvalue weighted by molar-refractivity contribution is 7.99. The van der Waals surface area contributed by atoms with Crippen molar-refractivity contribution in [2.24, 2.45) is 0 Å². The van der Waals surface area contributed by atoms with Crippen LogP contribution in [0.25, 0.3) is 0 Å². The average molecular weight is 343 g/mol. The second-order valence-electron chi connectivity index (χ2n) is 6.02. The molecule has 0 radical (unpaired) electrons. The lowest BCUT2D eigenvalue weighted by Crippen LogP contribution is -2.46. The minimum atomic E-state index is 0.977. The summed E-state index contributed by atoms with van der Waals surface area (Å²) in [5, 5.41) is 0. The second-order valence-corrected chi connectivity index (χ2v) is 7.18. The molecule has 0 amide bonds. The Bertz CT molecular complexity index is 612. The molecular formula is C20H26N2OS. The Labute approximate surface area is 149 Å². The van der Waals surface area contributed by atoms with Crippen LogP contribution in [0.4, 0.5) is 5.69 Å². The summed E-state index contributed by atoms with van der Waals surface area (Å²) in [5.74, 6) is 2.17. The summed E-state index contributed by atoms with van der Waals surface area (Å²) in [6.45, 7) is 5.61. The molecule has 1 aliphatic rings. The van der Waals surface area contributed by atoms with Gasteiger partial charge in [0, 0.05) is 31.1 Å². The van der Waals surface area contributed by atoms with Gasteiger partial charge in [-0.2, -0.15) is 0 Å². The third-order valence-electron chi connectivity index (χ3n) is 4.43. The van der Waals surface area contributed by atoms with E-state index in [1.54, 1.807) is 7.11 Å². The maximum Gasteiger partial charge on any atom is 0.142 e. The van der Waals surface area contributed by atoms with Crippen LogP contribution in [-0.2, 0) is 0 Å². The Morgan fingerprint density at radius 2 is 1.62 bits per heavy atom. The number of nitrogens with zero attached hydrogens (tertiary/aromatic N) is 2. The van der Waals surface area contributed by atoms with Crippen LogP contribution in [0, 0.1) is 0 Å². The van der Waals surface area contributed by atoms with E-state index >= 15 is 0 Å². The number of rotatable bonds is 7. The highest BCUT2D eigenvalue weighted by atomic mass is 32.2. The van der Waals surface area contributed by atoms with E-state index in [2.05, 4.69) is 52.3 Å². The molecule has 0 spiro atoms. The van der Waals surface area contributed by atoms with Crippen molar-refractivity contribution in [1.29, 1.82) is 0 Å². The first-order chi connectivity index (χ1) is 11.9. The topological polar surface area (TPSA) is 15.7 Å². The monoisotopic (exact) mass is 342 g/mol. The molecule has 0 unspecified atom stereocenters. The van der Waals surface area contributed by atoms with Gasteiger partial charge < -0.3 is 9.64 Å². The van der Waals surface area contributed by atoms with Gasteiger partial charge in [0.25, 0.3) is 0 Å². The fraction of sp³-hybridized carbons (Fsp3) is 0.400. The minimum Gasteiger partial charge on any atom is -0.495 e. The summed E-state index contributed by atoms with van der Waals surface area (Å²) in [6.07, 6.45) is 1.24. The zero-order valence-electron chi connectivity index (χ0n) is 14.4. The summed E-state index contributed by atoms with van der Waals surface area (Å²) in [7, 11) is 1.75. The van der Waals surface area contributed by atoms with Crippen molar-refractivity contribution < 1.29 is 4.74 Å². The van der Waals surface area contributed by atoms with Gasteiger partial charge in [0.15, 0.2) is 0 Å². The Kier molecular flexibility index (Phi) is 6.44. The second kappa shape index (κ2) is 9.00. The van der Waals surface area contributed by atoms with E-state index in [-0.39, 0.29) is 0 Å². The third-order valence-corrected chi connectivity index (χ3v) is 5.53. The van der Waals surface area contributed by atoms with Gasteiger partial charge in [-0.25, -0.2) is 0 Å². The molecule has 1 saturated heterocycles. The first-order valence-electron chi connectivity index (χ1n) is 8.65. The molecule has 128 valence electrons. The summed E-state index contributed by atoms with van der Waals surface area (Å²) >= 11 is 1.96. The van der Waals surface area contributed by atoms with E-state index < -0.39 is 0 Å². The van der Waals surface area contributed by atoms with Crippen LogP contribution >= 0.6 is 11.8 Å². The van der Waals surface area contributed by atoms with Gasteiger partial charge in [0.1, 0.15) is 5.75 Å². The average Bonchev–Trinajstić information content (AvgIpc) is 2.66. The SMILES string of the molecule is COc1ccccc1N1CCN(CCCSc2ccccc2)CC1. The van der Waals surface area contributed by atoms with Crippen LogP contribution in [0.2, 0.25) is 0 Å². The number of anilines is 1. The van der Waals surface area contributed by atoms with Crippen molar-refractivity contribution in [2.75, 3.05) is 50.5 Å². The van der Waals surface area contributed by atoms with E-state index in [0.29, 0.717) is 0 Å². The van der Waals surface area contributed by atoms with Crippen LogP contribution in [0.1, 0.15) is 6.42 Å². The number of hydrogen-bond acceptors (Lipinski definition) is 4. The first-order valence-corrected chi connectivity index (χ1v) is 9.63. The number of ether oxygens (including phenoxy) is 1. The van der Waals surface area contributed by atoms with Gasteiger partial charge in [-0.05, 0) is 43.0 Å². The molecule has 0 aliphatic carbocycles. The normalized spacial score (nSPS) is 15.5. The number of para-hydroxylation sites is 2. The Morgan fingerprint density at radius 3 is 2.38 bits per heavy atom. The van der Waals surface area contributed by atoms with Gasteiger partial charge in [-0.1, -0.05) is 30.3 Å². The lowest BCUT2D eigenvalue weighted by molar-refractivity contribution is 0.258. The molecule has 1 fully saturated rings. The molecule has 3 rings (SSSR count). The van der Waals surface area contributed by atoms with Crippen molar-refractivity contribution in [1.82, 2.24) is 4.90 Å². The molecule has 0 aromatic heterocycles. The maximum atomic E-state index is 5.49. The Balaban J connectivity index is 1.39. The summed E-state index contributed by atoms with van der Waals surface area (Å²) < 4.78 is 5.49. The highest BCUT2D eigenvalue weighted by Crippen LogP contribution is 2.28. The van der Waals surface area contributed by atoms with E-state index in [9.17, 15) is 0 Å². The lowest BCUT2D eigenvalue weighted by atomic mass is 10.2. The third kappa shape index (κ3) is 4.68. The predicted octanol–water partition coefficient (Wildman–Crippen LogP) is 4.00. The molecular weight excluding hydrogens is 316 g/mol. The summed E-state index contributed by atoms with van der Waals surface area (Å²) in [5.41, 5.74) is 1.22. The van der Waals surface area contributed by atoms with E-state index in [1.807, 2.05) is 23.9 Å². The van der Waals surface area contributed by atoms with Crippen LogP contribution in [0.5, 0.6) is 5.75 Å². The van der Waals surface area contributed by atoms with Crippen LogP contribution in [0.3, 0.4) is 0 Å². The smallest absolute Gasteiger partial charge is 0.142 e. The maximum absolute atomic E-state index is 5.49. The number of methoxy groups -OCH3 is 1. The summed E-state index contributed by atoms with van der Waals surface area (Å²) in [6, 6.07) is 19.0. The molecule has 4 heteroatoms. The molecule has 0 N–H and O–H groups in total. The van der Waals surface area contributed by atoms with Crippen molar-refractivity contribution in [3.8, 4) is 5.75 Å². The molecule has 0 bridgehead atoms. The number of hydrogen-bond donors (Lipinski definition) is 0. The van der Waals surface area contributed by atoms with E-state index in [4.69, 9.17) is 4.74 Å². The Morgan fingerprint density at radius 1 is 0.917 bits per heavy atom. The molecule has 2 aromatic rings. The number of thioether (sulfide) groups is 1. The quantitative estimate of drug-likeness (QED) is 0.558. The lowest BCUT2D eigenvalue weighted by Gasteiger charge is -2.36. The van der Waals surface area contributed by atoms with Crippen molar-refractivity contribution >= 4 is 17.4 Å². The van der Waals surface area contributed by atoms with Gasteiger partial charge in [-0.3, -0.25) is 4.90 Å². The van der Waals surface area contributed by atoms with Crippen molar-refractivity contribution in [3.05, 3.63) is 54.6 Å². The zero-order chi connectivity index (χ0) is 16.6. The van der Waals surface area contributed by atoms with Crippen molar-refractivity contribution in [3.63, 3.8) is 0 Å². The van der Waals surface area contributed by atoms with E-state index in [1.165, 1.54) is 29.3 Å². The molecule has 24 heavy (non-hydrogen) atoms. The number of piperazine rings is 1. The molecule has 1 aliphatic heterocycles. The van der Waals surface area contributed by atoms with E-state index in [0.717, 1.165) is 31.9 Å². The summed E-state index contributed by atoms with van der Waals surface area (Å²) in [4.78, 5) is 6.39. The first kappa shape index (κ1) is 17.2. The molecule has 0 atom stereocenters. The van der Waals surface area contributed by atoms with Gasteiger partial charge >= 0.3 is 0 Å². The van der Waals surface area contributed by atoms with Gasteiger partial charge in [0.05, 0.1) is 12.8 Å². The number of benzene rings is 2. The van der Waals surface area contributed by atoms with Gasteiger partial charge in [0.2, 0.25) is 0 Å². The standard InChI is InChI=1S/C20H26N2OS/c1-23-20-11-6-5-10-19(20)22-15-13-21(14-16-22)12-7-17-24-18-8-3-2-4-9-18/h2-6,8-11H,7,12-17H2,1H3. The minimum absolute atomic E-state index is 0.977. The highest BCUT2D eigenvalue weighted by Gasteiger charge is 2.18. The van der Waals surface area contributed by atoms with Crippen LogP contribution < -0.4 is 9.64 Å². The molecule has 2 aromatic carbocycles. The Hall–Kier alpha value is -1.65. The molecule has 0 saturated carbocycles. The van der Waals surface area contributed by atoms with Gasteiger partial charge in [-0.15, -0.1) is 11.8 Å². The van der Waals surface area contributed by atoms with Crippen LogP contribution in [0.15, 0.2) is 59.5 Å². The predicted molar refractivity (Wildman–Crippen MR) is 103 cm³/mol. The molecule has 3 nitrogen and oxygen atoms in total. The zero-order valence-corrected chi connectivity index (χ0v) is 15.2. The molecule has 1 heterocycles. The fourth-order valence-electron chi connectivity index (χ4n) is 3.10. The fourth-order valence-corrected chi connectivity index (χ4v) is 3.96. The van der Waals surface area contributed by atoms with Crippen molar-refractivity contribution in [2.45, 2.75) is 11.3 Å². The van der Waals surface area contributed by atoms with Crippen LogP contribution in [-0.4, -0.2) is 50.5 Å².